The van der Waals surface area contributed by atoms with Crippen molar-refractivity contribution < 1.29 is 4.79 Å². The second-order valence-electron chi connectivity index (χ2n) is 4.84. The minimum absolute atomic E-state index is 0.153. The quantitative estimate of drug-likeness (QED) is 0.669. The number of carbonyl (C=O) groups is 1. The Morgan fingerprint density at radius 2 is 1.75 bits per heavy atom. The lowest BCUT2D eigenvalue weighted by Crippen LogP contribution is -2.38. The summed E-state index contributed by atoms with van der Waals surface area (Å²) >= 11 is 0. The highest BCUT2D eigenvalue weighted by atomic mass is 16.1. The van der Waals surface area contributed by atoms with Gasteiger partial charge in [-0.25, -0.2) is 0 Å². The molecule has 0 heterocycles. The minimum Gasteiger partial charge on any atom is -0.354 e. The maximum atomic E-state index is 11.5. The molecule has 0 aliphatic heterocycles. The summed E-state index contributed by atoms with van der Waals surface area (Å²) in [5.41, 5.74) is 0. The molecule has 0 radical (unpaired) electrons. The molecule has 0 saturated carbocycles. The van der Waals surface area contributed by atoms with Crippen LogP contribution in [0.15, 0.2) is 0 Å². The van der Waals surface area contributed by atoms with E-state index in [1.165, 1.54) is 0 Å². The van der Waals surface area contributed by atoms with Crippen LogP contribution in [-0.4, -0.2) is 24.5 Å². The van der Waals surface area contributed by atoms with Gasteiger partial charge in [-0.2, -0.15) is 0 Å². The lowest BCUT2D eigenvalue weighted by atomic mass is 10.0. The highest BCUT2D eigenvalue weighted by Gasteiger charge is 2.11. The van der Waals surface area contributed by atoms with Gasteiger partial charge in [0.2, 0.25) is 5.91 Å². The van der Waals surface area contributed by atoms with E-state index in [9.17, 15) is 4.79 Å². The monoisotopic (exact) mass is 228 g/mol. The number of nitrogens with one attached hydrogen (secondary N) is 2. The normalized spacial score (nSPS) is 14.9. The van der Waals surface area contributed by atoms with Gasteiger partial charge in [-0.15, -0.1) is 0 Å². The molecular formula is C13H28N2O. The van der Waals surface area contributed by atoms with E-state index in [0.29, 0.717) is 24.4 Å². The Hall–Kier alpha value is -0.570. The molecule has 1 amide bonds. The Morgan fingerprint density at radius 3 is 2.19 bits per heavy atom. The summed E-state index contributed by atoms with van der Waals surface area (Å²) in [4.78, 5) is 11.5. The van der Waals surface area contributed by atoms with Crippen molar-refractivity contribution in [3.8, 4) is 0 Å². The molecular weight excluding hydrogens is 200 g/mol. The van der Waals surface area contributed by atoms with E-state index in [4.69, 9.17) is 0 Å². The van der Waals surface area contributed by atoms with E-state index in [1.807, 2.05) is 6.92 Å². The molecule has 0 aromatic rings. The Balaban J connectivity index is 3.68. The van der Waals surface area contributed by atoms with Crippen molar-refractivity contribution in [2.45, 2.75) is 66.0 Å². The molecule has 2 N–H and O–H groups in total. The minimum atomic E-state index is 0.153. The Bertz CT molecular complexity index is 192. The molecule has 0 aromatic carbocycles. The molecule has 2 atom stereocenters. The van der Waals surface area contributed by atoms with Gasteiger partial charge in [0.15, 0.2) is 0 Å². The maximum absolute atomic E-state index is 11.5. The highest BCUT2D eigenvalue weighted by molar-refractivity contribution is 5.76. The van der Waals surface area contributed by atoms with Crippen LogP contribution in [0.1, 0.15) is 53.9 Å². The largest absolute Gasteiger partial charge is 0.354 e. The van der Waals surface area contributed by atoms with Gasteiger partial charge in [0.1, 0.15) is 0 Å². The van der Waals surface area contributed by atoms with Crippen LogP contribution in [0, 0.1) is 5.92 Å². The van der Waals surface area contributed by atoms with Gasteiger partial charge in [0.05, 0.1) is 0 Å². The van der Waals surface area contributed by atoms with E-state index in [0.717, 1.165) is 19.4 Å². The lowest BCUT2D eigenvalue weighted by Gasteiger charge is -2.20. The fraction of sp³-hybridized carbons (Fsp3) is 0.923. The van der Waals surface area contributed by atoms with Gasteiger partial charge in [0.25, 0.3) is 0 Å². The van der Waals surface area contributed by atoms with Crippen LogP contribution in [-0.2, 0) is 4.79 Å². The second-order valence-corrected chi connectivity index (χ2v) is 4.84. The van der Waals surface area contributed by atoms with Crippen LogP contribution >= 0.6 is 0 Å². The van der Waals surface area contributed by atoms with Crippen LogP contribution in [0.2, 0.25) is 0 Å². The van der Waals surface area contributed by atoms with Crippen LogP contribution < -0.4 is 10.6 Å². The average molecular weight is 228 g/mol. The highest BCUT2D eigenvalue weighted by Crippen LogP contribution is 2.04. The summed E-state index contributed by atoms with van der Waals surface area (Å²) in [7, 11) is 0. The zero-order chi connectivity index (χ0) is 12.6. The van der Waals surface area contributed by atoms with E-state index >= 15 is 0 Å². The number of hydrogen-bond acceptors (Lipinski definition) is 2. The van der Waals surface area contributed by atoms with Crippen molar-refractivity contribution in [2.24, 2.45) is 5.92 Å². The molecule has 16 heavy (non-hydrogen) atoms. The first-order chi connectivity index (χ1) is 7.51. The van der Waals surface area contributed by atoms with Gasteiger partial charge in [-0.1, -0.05) is 27.7 Å². The van der Waals surface area contributed by atoms with Gasteiger partial charge >= 0.3 is 0 Å². The molecule has 0 aliphatic carbocycles. The summed E-state index contributed by atoms with van der Waals surface area (Å²) in [6.45, 7) is 11.5. The molecule has 0 bridgehead atoms. The Labute approximate surface area is 100 Å². The van der Waals surface area contributed by atoms with E-state index in [-0.39, 0.29) is 5.91 Å². The summed E-state index contributed by atoms with van der Waals surface area (Å²) in [5.74, 6) is 0.781. The second kappa shape index (κ2) is 8.57. The standard InChI is InChI=1S/C13H28N2O/c1-6-11(5)15-13(16)8-9-14-12(7-2)10(3)4/h10-12,14H,6-9H2,1-5H3,(H,15,16). The first kappa shape index (κ1) is 15.4. The van der Waals surface area contributed by atoms with Gasteiger partial charge < -0.3 is 10.6 Å². The fourth-order valence-electron chi connectivity index (χ4n) is 1.67. The molecule has 0 rings (SSSR count). The van der Waals surface area contributed by atoms with Gasteiger partial charge in [-0.3, -0.25) is 4.79 Å². The van der Waals surface area contributed by atoms with Crippen LogP contribution in [0.5, 0.6) is 0 Å². The van der Waals surface area contributed by atoms with Gasteiger partial charge in [-0.05, 0) is 25.7 Å². The van der Waals surface area contributed by atoms with E-state index in [2.05, 4.69) is 38.3 Å². The van der Waals surface area contributed by atoms with Crippen molar-refractivity contribution in [3.05, 3.63) is 0 Å². The lowest BCUT2D eigenvalue weighted by molar-refractivity contribution is -0.121. The predicted molar refractivity (Wildman–Crippen MR) is 69.4 cm³/mol. The van der Waals surface area contributed by atoms with E-state index in [1.54, 1.807) is 0 Å². The molecule has 0 saturated heterocycles. The molecule has 3 heteroatoms. The molecule has 3 nitrogen and oxygen atoms in total. The zero-order valence-electron chi connectivity index (χ0n) is 11.5. The average Bonchev–Trinajstić information content (AvgIpc) is 2.23. The predicted octanol–water partition coefficient (Wildman–Crippen LogP) is 2.32. The molecule has 0 fully saturated rings. The maximum Gasteiger partial charge on any atom is 0.221 e. The first-order valence-electron chi connectivity index (χ1n) is 6.53. The van der Waals surface area contributed by atoms with Crippen molar-refractivity contribution >= 4 is 5.91 Å². The topological polar surface area (TPSA) is 41.1 Å². The summed E-state index contributed by atoms with van der Waals surface area (Å²) in [6.07, 6.45) is 2.68. The van der Waals surface area contributed by atoms with Crippen molar-refractivity contribution in [2.75, 3.05) is 6.54 Å². The number of carbonyl (C=O) groups excluding carboxylic acids is 1. The molecule has 0 aliphatic rings. The first-order valence-corrected chi connectivity index (χ1v) is 6.53. The van der Waals surface area contributed by atoms with Crippen molar-refractivity contribution in [1.29, 1.82) is 0 Å². The third kappa shape index (κ3) is 6.83. The number of hydrogen-bond donors (Lipinski definition) is 2. The number of rotatable bonds is 8. The summed E-state index contributed by atoms with van der Waals surface area (Å²) in [6, 6.07) is 0.816. The van der Waals surface area contributed by atoms with Crippen LogP contribution in [0.25, 0.3) is 0 Å². The van der Waals surface area contributed by atoms with Crippen molar-refractivity contribution in [1.82, 2.24) is 10.6 Å². The third-order valence-electron chi connectivity index (χ3n) is 3.02. The third-order valence-corrected chi connectivity index (χ3v) is 3.02. The molecule has 0 spiro atoms. The zero-order valence-corrected chi connectivity index (χ0v) is 11.5. The molecule has 2 unspecified atom stereocenters. The fourth-order valence-corrected chi connectivity index (χ4v) is 1.67. The van der Waals surface area contributed by atoms with Crippen LogP contribution in [0.3, 0.4) is 0 Å². The SMILES string of the molecule is CCC(C)NC(=O)CCNC(CC)C(C)C. The Kier molecular flexibility index (Phi) is 8.26. The van der Waals surface area contributed by atoms with Crippen molar-refractivity contribution in [3.63, 3.8) is 0 Å². The Morgan fingerprint density at radius 1 is 1.12 bits per heavy atom. The summed E-state index contributed by atoms with van der Waals surface area (Å²) in [5, 5.41) is 6.40. The number of amides is 1. The van der Waals surface area contributed by atoms with Crippen LogP contribution in [0.4, 0.5) is 0 Å². The summed E-state index contributed by atoms with van der Waals surface area (Å²) < 4.78 is 0. The van der Waals surface area contributed by atoms with E-state index < -0.39 is 0 Å². The van der Waals surface area contributed by atoms with Gasteiger partial charge in [0, 0.05) is 25.0 Å². The smallest absolute Gasteiger partial charge is 0.221 e. The molecule has 96 valence electrons. The molecule has 0 aromatic heterocycles.